The highest BCUT2D eigenvalue weighted by atomic mass is 79.9. The van der Waals surface area contributed by atoms with Crippen molar-refractivity contribution in [3.05, 3.63) is 58.1 Å². The third-order valence-corrected chi connectivity index (χ3v) is 7.29. The molecule has 0 spiro atoms. The molecule has 0 fully saturated rings. The van der Waals surface area contributed by atoms with Gasteiger partial charge in [0.15, 0.2) is 0 Å². The highest BCUT2D eigenvalue weighted by molar-refractivity contribution is 9.10. The van der Waals surface area contributed by atoms with E-state index in [0.717, 1.165) is 22.5 Å². The maximum Gasteiger partial charge on any atom is 0.416 e. The second-order valence-corrected chi connectivity index (χ2v) is 9.40. The van der Waals surface area contributed by atoms with Crippen molar-refractivity contribution in [3.63, 3.8) is 0 Å². The third kappa shape index (κ3) is 4.00. The summed E-state index contributed by atoms with van der Waals surface area (Å²) in [6.07, 6.45) is -4.43. The molecule has 1 aliphatic rings. The number of benzene rings is 2. The van der Waals surface area contributed by atoms with E-state index in [4.69, 9.17) is 4.74 Å². The molecule has 1 aliphatic heterocycles. The zero-order chi connectivity index (χ0) is 21.6. The number of carbonyl (C=O) groups excluding carboxylic acids is 1. The van der Waals surface area contributed by atoms with Crippen LogP contribution in [0.15, 0.2) is 51.8 Å². The number of halogens is 4. The van der Waals surface area contributed by atoms with Crippen LogP contribution in [0.1, 0.15) is 18.1 Å². The highest BCUT2D eigenvalue weighted by Gasteiger charge is 2.43. The van der Waals surface area contributed by atoms with Crippen LogP contribution in [0.2, 0.25) is 0 Å². The van der Waals surface area contributed by atoms with Crippen molar-refractivity contribution in [2.24, 2.45) is 5.92 Å². The number of carbonyl (C=O) groups is 1. The molecule has 0 bridgehead atoms. The van der Waals surface area contributed by atoms with Crippen LogP contribution in [-0.2, 0) is 32.2 Å². The van der Waals surface area contributed by atoms with Crippen molar-refractivity contribution in [1.82, 2.24) is 0 Å². The Bertz CT molecular complexity index is 1060. The first-order valence-corrected chi connectivity index (χ1v) is 10.8. The lowest BCUT2D eigenvalue weighted by Gasteiger charge is -2.40. The molecule has 2 aromatic carbocycles. The fraction of sp³-hybridized carbons (Fsp3) is 0.316. The number of methoxy groups -OCH3 is 1. The van der Waals surface area contributed by atoms with Gasteiger partial charge in [-0.3, -0.25) is 9.10 Å². The molecule has 156 valence electrons. The van der Waals surface area contributed by atoms with E-state index < -0.39 is 44.6 Å². The smallest absolute Gasteiger partial charge is 0.416 e. The van der Waals surface area contributed by atoms with Crippen LogP contribution in [-0.4, -0.2) is 27.5 Å². The molecule has 2 aromatic rings. The minimum Gasteiger partial charge on any atom is -0.469 e. The van der Waals surface area contributed by atoms with Crippen LogP contribution in [0.3, 0.4) is 0 Å². The number of esters is 1. The Balaban J connectivity index is 2.19. The van der Waals surface area contributed by atoms with E-state index in [2.05, 4.69) is 15.9 Å². The summed E-state index contributed by atoms with van der Waals surface area (Å²) >= 11 is 3.29. The minimum absolute atomic E-state index is 0.255. The maximum absolute atomic E-state index is 13.4. The van der Waals surface area contributed by atoms with Crippen LogP contribution >= 0.6 is 15.9 Å². The molecule has 1 heterocycles. The number of rotatable bonds is 3. The standard InChI is InChI=1S/C19H17BrF3NO4S/c1-11-16(18(25)28-2)8-12-6-7-14(20)10-17(12)24(11)29(26,27)15-5-3-4-13(9-15)19(21,22)23/h3-7,9-11,16H,8H2,1-2H3/t11-,16-/m1/s1. The molecule has 0 aromatic heterocycles. The molecule has 0 N–H and O–H groups in total. The predicted molar refractivity (Wildman–Crippen MR) is 104 cm³/mol. The molecular weight excluding hydrogens is 475 g/mol. The van der Waals surface area contributed by atoms with Gasteiger partial charge in [-0.15, -0.1) is 0 Å². The Labute approximate surface area is 174 Å². The fourth-order valence-electron chi connectivity index (χ4n) is 3.43. The van der Waals surface area contributed by atoms with E-state index in [-0.39, 0.29) is 6.42 Å². The van der Waals surface area contributed by atoms with Gasteiger partial charge in [-0.2, -0.15) is 13.2 Å². The van der Waals surface area contributed by atoms with Crippen molar-refractivity contribution < 1.29 is 31.1 Å². The summed E-state index contributed by atoms with van der Waals surface area (Å²) in [5.41, 5.74) is -0.177. The van der Waals surface area contributed by atoms with Crippen LogP contribution in [0.25, 0.3) is 0 Å². The molecule has 0 saturated carbocycles. The molecule has 0 unspecified atom stereocenters. The number of fused-ring (bicyclic) bond motifs is 1. The Kier molecular flexibility index (Phi) is 5.70. The summed E-state index contributed by atoms with van der Waals surface area (Å²) in [6, 6.07) is 7.66. The number of nitrogens with zero attached hydrogens (tertiary/aromatic N) is 1. The van der Waals surface area contributed by atoms with E-state index in [9.17, 15) is 26.4 Å². The number of hydrogen-bond donors (Lipinski definition) is 0. The number of sulfonamides is 1. The van der Waals surface area contributed by atoms with Crippen molar-refractivity contribution in [1.29, 1.82) is 0 Å². The zero-order valence-electron chi connectivity index (χ0n) is 15.4. The first kappa shape index (κ1) is 21.6. The molecule has 5 nitrogen and oxygen atoms in total. The van der Waals surface area contributed by atoms with Crippen molar-refractivity contribution in [2.75, 3.05) is 11.4 Å². The Morgan fingerprint density at radius 3 is 2.52 bits per heavy atom. The second kappa shape index (κ2) is 7.64. The number of alkyl halides is 3. The van der Waals surface area contributed by atoms with Gasteiger partial charge in [-0.25, -0.2) is 8.42 Å². The Morgan fingerprint density at radius 2 is 1.90 bits per heavy atom. The van der Waals surface area contributed by atoms with Crippen molar-refractivity contribution in [3.8, 4) is 0 Å². The molecule has 0 saturated heterocycles. The van der Waals surface area contributed by atoms with Gasteiger partial charge in [0.1, 0.15) is 0 Å². The largest absolute Gasteiger partial charge is 0.469 e. The topological polar surface area (TPSA) is 63.7 Å². The van der Waals surface area contributed by atoms with Gasteiger partial charge in [0, 0.05) is 4.47 Å². The fourth-order valence-corrected chi connectivity index (χ4v) is 5.55. The van der Waals surface area contributed by atoms with Crippen LogP contribution in [0.5, 0.6) is 0 Å². The highest BCUT2D eigenvalue weighted by Crippen LogP contribution is 2.40. The number of anilines is 1. The molecule has 0 aliphatic carbocycles. The SMILES string of the molecule is COC(=O)[C@@H]1Cc2ccc(Br)cc2N(S(=O)(=O)c2cccc(C(F)(F)F)c2)[C@@H]1C. The van der Waals surface area contributed by atoms with Gasteiger partial charge >= 0.3 is 12.1 Å². The van der Waals surface area contributed by atoms with Crippen LogP contribution < -0.4 is 4.31 Å². The van der Waals surface area contributed by atoms with Crippen molar-refractivity contribution in [2.45, 2.75) is 30.5 Å². The number of ether oxygens (including phenoxy) is 1. The third-order valence-electron chi connectivity index (χ3n) is 4.90. The van der Waals surface area contributed by atoms with Gasteiger partial charge in [-0.1, -0.05) is 28.1 Å². The summed E-state index contributed by atoms with van der Waals surface area (Å²) in [5, 5.41) is 0. The van der Waals surface area contributed by atoms with E-state index in [1.165, 1.54) is 14.0 Å². The second-order valence-electron chi connectivity index (χ2n) is 6.67. The molecule has 0 amide bonds. The summed E-state index contributed by atoms with van der Waals surface area (Å²) < 4.78 is 72.5. The molecule has 0 radical (unpaired) electrons. The maximum atomic E-state index is 13.4. The molecule has 2 atom stereocenters. The average Bonchev–Trinajstić information content (AvgIpc) is 2.66. The minimum atomic E-state index is -4.69. The van der Waals surface area contributed by atoms with E-state index in [0.29, 0.717) is 21.8 Å². The molecular formula is C19H17BrF3NO4S. The Hall–Kier alpha value is -2.07. The van der Waals surface area contributed by atoms with E-state index >= 15 is 0 Å². The lowest BCUT2D eigenvalue weighted by atomic mass is 9.88. The van der Waals surface area contributed by atoms with E-state index in [1.54, 1.807) is 18.2 Å². The summed E-state index contributed by atoms with van der Waals surface area (Å²) in [5.74, 6) is -1.38. The normalized spacial score (nSPS) is 19.6. The summed E-state index contributed by atoms with van der Waals surface area (Å²) in [4.78, 5) is 11.7. The molecule has 3 rings (SSSR count). The van der Waals surface area contributed by atoms with Gasteiger partial charge in [0.25, 0.3) is 10.0 Å². The van der Waals surface area contributed by atoms with Gasteiger partial charge < -0.3 is 4.74 Å². The molecule has 10 heteroatoms. The quantitative estimate of drug-likeness (QED) is 0.597. The average molecular weight is 492 g/mol. The van der Waals surface area contributed by atoms with Crippen LogP contribution in [0, 0.1) is 5.92 Å². The monoisotopic (exact) mass is 491 g/mol. The predicted octanol–water partition coefficient (Wildman–Crippen LogP) is 4.40. The van der Waals surface area contributed by atoms with Crippen LogP contribution in [0.4, 0.5) is 18.9 Å². The molecule has 29 heavy (non-hydrogen) atoms. The van der Waals surface area contributed by atoms with Gasteiger partial charge in [0.05, 0.1) is 35.2 Å². The van der Waals surface area contributed by atoms with E-state index in [1.807, 2.05) is 0 Å². The van der Waals surface area contributed by atoms with Crippen molar-refractivity contribution >= 4 is 37.6 Å². The first-order valence-electron chi connectivity index (χ1n) is 8.54. The summed E-state index contributed by atoms with van der Waals surface area (Å²) in [6.45, 7) is 1.54. The lowest BCUT2D eigenvalue weighted by Crippen LogP contribution is -2.49. The lowest BCUT2D eigenvalue weighted by molar-refractivity contribution is -0.146. The summed E-state index contributed by atoms with van der Waals surface area (Å²) in [7, 11) is -3.19. The number of hydrogen-bond acceptors (Lipinski definition) is 4. The van der Waals surface area contributed by atoms with Gasteiger partial charge in [-0.05, 0) is 49.2 Å². The van der Waals surface area contributed by atoms with Gasteiger partial charge in [0.2, 0.25) is 0 Å². The first-order chi connectivity index (χ1) is 13.5. The Morgan fingerprint density at radius 1 is 1.21 bits per heavy atom. The zero-order valence-corrected chi connectivity index (χ0v) is 17.8.